The van der Waals surface area contributed by atoms with Gasteiger partial charge in [-0.1, -0.05) is 0 Å². The number of hydrogen-bond acceptors (Lipinski definition) is 8. The van der Waals surface area contributed by atoms with Crippen LogP contribution in [-0.4, -0.2) is 48.5 Å². The van der Waals surface area contributed by atoms with Gasteiger partial charge in [-0.2, -0.15) is 24.7 Å². The second-order valence-corrected chi connectivity index (χ2v) is 5.00. The van der Waals surface area contributed by atoms with Gasteiger partial charge in [0.1, 0.15) is 12.7 Å². The van der Waals surface area contributed by atoms with Crippen LogP contribution in [0.3, 0.4) is 0 Å². The van der Waals surface area contributed by atoms with Gasteiger partial charge < -0.3 is 15.8 Å². The number of nitrogens with one attached hydrogen (secondary N) is 1. The zero-order chi connectivity index (χ0) is 14.0. The van der Waals surface area contributed by atoms with Crippen LogP contribution in [0.4, 0.5) is 11.9 Å². The molecule has 3 N–H and O–H groups in total. The maximum atomic E-state index is 5.72. The van der Waals surface area contributed by atoms with Gasteiger partial charge in [-0.05, 0) is 19.8 Å². The van der Waals surface area contributed by atoms with Crippen molar-refractivity contribution in [1.29, 1.82) is 0 Å². The van der Waals surface area contributed by atoms with Crippen molar-refractivity contribution in [2.45, 2.75) is 25.3 Å². The van der Waals surface area contributed by atoms with E-state index in [9.17, 15) is 0 Å². The average molecular weight is 276 g/mol. The van der Waals surface area contributed by atoms with Gasteiger partial charge >= 0.3 is 0 Å². The van der Waals surface area contributed by atoms with E-state index in [1.165, 1.54) is 17.3 Å². The number of nitrogen functional groups attached to an aromatic ring is 1. The van der Waals surface area contributed by atoms with Crippen LogP contribution in [0.25, 0.3) is 5.95 Å². The highest BCUT2D eigenvalue weighted by molar-refractivity contribution is 5.37. The summed E-state index contributed by atoms with van der Waals surface area (Å²) in [5.74, 6) is 0.877. The highest BCUT2D eigenvalue weighted by Crippen LogP contribution is 2.22. The lowest BCUT2D eigenvalue weighted by Gasteiger charge is -2.34. The fourth-order valence-corrected chi connectivity index (χ4v) is 2.15. The Kier molecular flexibility index (Phi) is 3.18. The number of nitrogens with zero attached hydrogens (tertiary/aromatic N) is 6. The molecule has 1 saturated heterocycles. The first-order chi connectivity index (χ1) is 9.65. The van der Waals surface area contributed by atoms with Crippen LogP contribution in [0.15, 0.2) is 12.7 Å². The van der Waals surface area contributed by atoms with Crippen molar-refractivity contribution in [3.05, 3.63) is 12.7 Å². The van der Waals surface area contributed by atoms with E-state index in [0.717, 1.165) is 19.4 Å². The molecule has 1 aliphatic rings. The Labute approximate surface area is 115 Å². The minimum absolute atomic E-state index is 0.133. The first-order valence-electron chi connectivity index (χ1n) is 6.37. The number of ether oxygens (including phenoxy) is 1. The molecule has 1 unspecified atom stereocenters. The third-order valence-electron chi connectivity index (χ3n) is 3.12. The standard InChI is InChI=1S/C11H16N8O/c1-11(3-2-4-20-5-11)18-9-15-8(12)16-10(17-9)19-7-13-6-14-19/h6-7H,2-5H2,1H3,(H3,12,15,16,17,18). The Morgan fingerprint density at radius 3 is 3.00 bits per heavy atom. The van der Waals surface area contributed by atoms with Crippen LogP contribution in [0, 0.1) is 0 Å². The summed E-state index contributed by atoms with van der Waals surface area (Å²) < 4.78 is 6.93. The lowest BCUT2D eigenvalue weighted by atomic mass is 9.95. The smallest absolute Gasteiger partial charge is 0.258 e. The molecule has 0 radical (unpaired) electrons. The zero-order valence-electron chi connectivity index (χ0n) is 11.2. The van der Waals surface area contributed by atoms with E-state index in [1.54, 1.807) is 0 Å². The Balaban J connectivity index is 1.86. The van der Waals surface area contributed by atoms with Crippen molar-refractivity contribution in [3.8, 4) is 5.95 Å². The molecule has 3 heterocycles. The number of hydrogen-bond donors (Lipinski definition) is 2. The second-order valence-electron chi connectivity index (χ2n) is 5.00. The highest BCUT2D eigenvalue weighted by atomic mass is 16.5. The molecule has 0 amide bonds. The predicted octanol–water partition coefficient (Wildman–Crippen LogP) is 0.0155. The molecule has 0 aromatic carbocycles. The number of nitrogens with two attached hydrogens (primary N) is 1. The maximum absolute atomic E-state index is 5.72. The molecule has 1 atom stereocenters. The van der Waals surface area contributed by atoms with Crippen molar-refractivity contribution < 1.29 is 4.74 Å². The molecule has 9 nitrogen and oxygen atoms in total. The second kappa shape index (κ2) is 5.00. The molecule has 1 fully saturated rings. The normalized spacial score (nSPS) is 22.6. The van der Waals surface area contributed by atoms with E-state index in [1.807, 2.05) is 0 Å². The summed E-state index contributed by atoms with van der Waals surface area (Å²) >= 11 is 0. The average Bonchev–Trinajstić information content (AvgIpc) is 2.92. The van der Waals surface area contributed by atoms with Crippen LogP contribution in [0.5, 0.6) is 0 Å². The highest BCUT2D eigenvalue weighted by Gasteiger charge is 2.28. The van der Waals surface area contributed by atoms with Crippen LogP contribution in [0.1, 0.15) is 19.8 Å². The summed E-state index contributed by atoms with van der Waals surface area (Å²) in [5, 5.41) is 7.25. The SMILES string of the molecule is CC1(Nc2nc(N)nc(-n3cncn3)n2)CCCOC1. The molecule has 0 saturated carbocycles. The Hall–Kier alpha value is -2.29. The quantitative estimate of drug-likeness (QED) is 0.805. The molecular formula is C11H16N8O. The van der Waals surface area contributed by atoms with Gasteiger partial charge in [-0.3, -0.25) is 0 Å². The Morgan fingerprint density at radius 2 is 2.30 bits per heavy atom. The van der Waals surface area contributed by atoms with E-state index in [2.05, 4.69) is 37.3 Å². The summed E-state index contributed by atoms with van der Waals surface area (Å²) in [5.41, 5.74) is 5.52. The van der Waals surface area contributed by atoms with E-state index >= 15 is 0 Å². The molecule has 1 aliphatic heterocycles. The van der Waals surface area contributed by atoms with E-state index in [4.69, 9.17) is 10.5 Å². The summed E-state index contributed by atoms with van der Waals surface area (Å²) in [6, 6.07) is 0. The van der Waals surface area contributed by atoms with Crippen molar-refractivity contribution in [2.75, 3.05) is 24.3 Å². The molecule has 2 aromatic heterocycles. The fraction of sp³-hybridized carbons (Fsp3) is 0.545. The summed E-state index contributed by atoms with van der Waals surface area (Å²) in [6.07, 6.45) is 4.89. The number of rotatable bonds is 3. The molecule has 0 spiro atoms. The minimum Gasteiger partial charge on any atom is -0.379 e. The third kappa shape index (κ3) is 2.67. The maximum Gasteiger partial charge on any atom is 0.258 e. The number of anilines is 2. The predicted molar refractivity (Wildman–Crippen MR) is 71.2 cm³/mol. The molecular weight excluding hydrogens is 260 g/mol. The summed E-state index contributed by atoms with van der Waals surface area (Å²) in [7, 11) is 0. The van der Waals surface area contributed by atoms with Gasteiger partial charge in [0.05, 0.1) is 12.1 Å². The van der Waals surface area contributed by atoms with Gasteiger partial charge in [0.15, 0.2) is 0 Å². The van der Waals surface area contributed by atoms with Gasteiger partial charge in [-0.15, -0.1) is 0 Å². The lowest BCUT2D eigenvalue weighted by Crippen LogP contribution is -2.43. The fourth-order valence-electron chi connectivity index (χ4n) is 2.15. The van der Waals surface area contributed by atoms with Crippen LogP contribution in [0.2, 0.25) is 0 Å². The summed E-state index contributed by atoms with van der Waals surface area (Å²) in [6.45, 7) is 3.47. The van der Waals surface area contributed by atoms with Crippen LogP contribution in [-0.2, 0) is 4.74 Å². The van der Waals surface area contributed by atoms with Crippen molar-refractivity contribution >= 4 is 11.9 Å². The van der Waals surface area contributed by atoms with Crippen molar-refractivity contribution in [2.24, 2.45) is 0 Å². The van der Waals surface area contributed by atoms with E-state index in [-0.39, 0.29) is 11.5 Å². The Morgan fingerprint density at radius 1 is 1.40 bits per heavy atom. The molecule has 2 aromatic rings. The zero-order valence-corrected chi connectivity index (χ0v) is 11.2. The van der Waals surface area contributed by atoms with Gasteiger partial charge in [0.25, 0.3) is 5.95 Å². The minimum atomic E-state index is -0.203. The lowest BCUT2D eigenvalue weighted by molar-refractivity contribution is 0.0537. The van der Waals surface area contributed by atoms with Crippen LogP contribution >= 0.6 is 0 Å². The van der Waals surface area contributed by atoms with Gasteiger partial charge in [0.2, 0.25) is 11.9 Å². The first kappa shape index (κ1) is 12.7. The largest absolute Gasteiger partial charge is 0.379 e. The molecule has 0 bridgehead atoms. The van der Waals surface area contributed by atoms with E-state index in [0.29, 0.717) is 18.5 Å². The van der Waals surface area contributed by atoms with Crippen LogP contribution < -0.4 is 11.1 Å². The Bertz CT molecular complexity index is 578. The molecule has 9 heteroatoms. The van der Waals surface area contributed by atoms with Crippen molar-refractivity contribution in [1.82, 2.24) is 29.7 Å². The monoisotopic (exact) mass is 276 g/mol. The van der Waals surface area contributed by atoms with Crippen molar-refractivity contribution in [3.63, 3.8) is 0 Å². The molecule has 3 rings (SSSR count). The van der Waals surface area contributed by atoms with E-state index < -0.39 is 0 Å². The van der Waals surface area contributed by atoms with Gasteiger partial charge in [-0.25, -0.2) is 4.98 Å². The molecule has 20 heavy (non-hydrogen) atoms. The third-order valence-corrected chi connectivity index (χ3v) is 3.12. The van der Waals surface area contributed by atoms with Gasteiger partial charge in [0, 0.05) is 6.61 Å². The summed E-state index contributed by atoms with van der Waals surface area (Å²) in [4.78, 5) is 16.3. The molecule has 106 valence electrons. The topological polar surface area (TPSA) is 117 Å². The first-order valence-corrected chi connectivity index (χ1v) is 6.37. The molecule has 0 aliphatic carbocycles. The number of aromatic nitrogens is 6.